The van der Waals surface area contributed by atoms with Gasteiger partial charge >= 0.3 is 0 Å². The molecule has 0 aliphatic heterocycles. The van der Waals surface area contributed by atoms with Crippen molar-refractivity contribution in [1.82, 2.24) is 9.97 Å². The molecule has 2 rings (SSSR count). The summed E-state index contributed by atoms with van der Waals surface area (Å²) in [5.74, 6) is 0.565. The van der Waals surface area contributed by atoms with E-state index in [1.165, 1.54) is 0 Å². The van der Waals surface area contributed by atoms with Crippen molar-refractivity contribution >= 4 is 11.0 Å². The highest BCUT2D eigenvalue weighted by molar-refractivity contribution is 5.81. The smallest absolute Gasteiger partial charge is 0.138 e. The standard InChI is InChI=1S/C15H14N4O2/c1-10(9-20)21-13-4-14-12(3-2-11(5-16)6-17)7-18-15(14)19-8-13/h2,4,7-8,10,20H,3,9H2,1H3,(H,18,19). The lowest BCUT2D eigenvalue weighted by molar-refractivity contribution is 0.129. The summed E-state index contributed by atoms with van der Waals surface area (Å²) in [7, 11) is 0. The van der Waals surface area contributed by atoms with Gasteiger partial charge in [0.05, 0.1) is 12.8 Å². The second-order valence-electron chi connectivity index (χ2n) is 4.54. The number of nitrogens with one attached hydrogen (secondary N) is 1. The number of allylic oxidation sites excluding steroid dienone is 2. The first kappa shape index (κ1) is 14.6. The van der Waals surface area contributed by atoms with Crippen LogP contribution in [0.25, 0.3) is 11.0 Å². The number of H-pyrrole nitrogens is 1. The van der Waals surface area contributed by atoms with Gasteiger partial charge in [-0.3, -0.25) is 0 Å². The summed E-state index contributed by atoms with van der Waals surface area (Å²) in [6, 6.07) is 5.48. The average molecular weight is 282 g/mol. The summed E-state index contributed by atoms with van der Waals surface area (Å²) in [5.41, 5.74) is 1.71. The number of rotatable bonds is 5. The molecule has 6 heteroatoms. The van der Waals surface area contributed by atoms with Gasteiger partial charge in [-0.1, -0.05) is 6.08 Å². The van der Waals surface area contributed by atoms with Crippen molar-refractivity contribution < 1.29 is 9.84 Å². The number of nitriles is 2. The molecule has 0 aromatic carbocycles. The zero-order valence-corrected chi connectivity index (χ0v) is 11.5. The number of hydrogen-bond donors (Lipinski definition) is 2. The molecular formula is C15H14N4O2. The lowest BCUT2D eigenvalue weighted by atomic mass is 10.1. The van der Waals surface area contributed by atoms with Gasteiger partial charge in [-0.25, -0.2) is 4.98 Å². The molecule has 2 N–H and O–H groups in total. The molecule has 0 bridgehead atoms. The van der Waals surface area contributed by atoms with E-state index in [0.717, 1.165) is 10.9 Å². The number of pyridine rings is 1. The molecule has 0 radical (unpaired) electrons. The number of aliphatic hydroxyl groups excluding tert-OH is 1. The van der Waals surface area contributed by atoms with Crippen LogP contribution in [0, 0.1) is 22.7 Å². The van der Waals surface area contributed by atoms with Gasteiger partial charge in [0.1, 0.15) is 35.2 Å². The van der Waals surface area contributed by atoms with Crippen molar-refractivity contribution in [3.05, 3.63) is 35.7 Å². The molecule has 2 heterocycles. The summed E-state index contributed by atoms with van der Waals surface area (Å²) in [6.07, 6.45) is 5.10. The van der Waals surface area contributed by atoms with Crippen molar-refractivity contribution in [1.29, 1.82) is 10.5 Å². The normalized spacial score (nSPS) is 11.4. The van der Waals surface area contributed by atoms with Crippen molar-refractivity contribution in [2.45, 2.75) is 19.4 Å². The zero-order chi connectivity index (χ0) is 15.2. The Morgan fingerprint density at radius 3 is 2.95 bits per heavy atom. The Bertz CT molecular complexity index is 733. The minimum absolute atomic E-state index is 0.0749. The van der Waals surface area contributed by atoms with Crippen LogP contribution in [0.2, 0.25) is 0 Å². The molecule has 2 aromatic heterocycles. The Hall–Kier alpha value is -2.83. The lowest BCUT2D eigenvalue weighted by Gasteiger charge is -2.11. The van der Waals surface area contributed by atoms with Gasteiger partial charge < -0.3 is 14.8 Å². The van der Waals surface area contributed by atoms with Crippen LogP contribution in [0.5, 0.6) is 5.75 Å². The molecule has 1 unspecified atom stereocenters. The highest BCUT2D eigenvalue weighted by atomic mass is 16.5. The van der Waals surface area contributed by atoms with Crippen molar-refractivity contribution in [2.75, 3.05) is 6.61 Å². The summed E-state index contributed by atoms with van der Waals surface area (Å²) >= 11 is 0. The molecule has 0 aliphatic rings. The van der Waals surface area contributed by atoms with Gasteiger partial charge in [-0.2, -0.15) is 10.5 Å². The third kappa shape index (κ3) is 3.38. The number of aliphatic hydroxyl groups is 1. The average Bonchev–Trinajstić information content (AvgIpc) is 2.91. The van der Waals surface area contributed by atoms with Gasteiger partial charge in [-0.15, -0.1) is 0 Å². The fourth-order valence-electron chi connectivity index (χ4n) is 1.87. The predicted molar refractivity (Wildman–Crippen MR) is 76.3 cm³/mol. The van der Waals surface area contributed by atoms with Crippen LogP contribution in [0.1, 0.15) is 12.5 Å². The van der Waals surface area contributed by atoms with E-state index in [1.54, 1.807) is 25.4 Å². The van der Waals surface area contributed by atoms with E-state index in [2.05, 4.69) is 9.97 Å². The maximum atomic E-state index is 9.00. The first-order chi connectivity index (χ1) is 10.2. The molecule has 1 atom stereocenters. The molecule has 6 nitrogen and oxygen atoms in total. The Balaban J connectivity index is 2.29. The van der Waals surface area contributed by atoms with E-state index in [9.17, 15) is 0 Å². The van der Waals surface area contributed by atoms with Gasteiger partial charge in [0.2, 0.25) is 0 Å². The largest absolute Gasteiger partial charge is 0.487 e. The van der Waals surface area contributed by atoms with Gasteiger partial charge in [-0.05, 0) is 25.0 Å². The molecule has 0 spiro atoms. The second-order valence-corrected chi connectivity index (χ2v) is 4.54. The highest BCUT2D eigenvalue weighted by Crippen LogP contribution is 2.23. The molecule has 21 heavy (non-hydrogen) atoms. The Labute approximate surface area is 121 Å². The molecule has 2 aromatic rings. The fraction of sp³-hybridized carbons (Fsp3) is 0.267. The minimum atomic E-state index is -0.310. The van der Waals surface area contributed by atoms with Crippen LogP contribution in [-0.4, -0.2) is 27.8 Å². The van der Waals surface area contributed by atoms with Crippen molar-refractivity contribution in [3.8, 4) is 17.9 Å². The van der Waals surface area contributed by atoms with Gasteiger partial charge in [0, 0.05) is 11.6 Å². The third-order valence-corrected chi connectivity index (χ3v) is 2.95. The van der Waals surface area contributed by atoms with Crippen LogP contribution < -0.4 is 4.74 Å². The summed E-state index contributed by atoms with van der Waals surface area (Å²) in [6.45, 7) is 1.69. The first-order valence-electron chi connectivity index (χ1n) is 6.41. The van der Waals surface area contributed by atoms with Gasteiger partial charge in [0.15, 0.2) is 0 Å². The number of nitrogens with zero attached hydrogens (tertiary/aromatic N) is 3. The van der Waals surface area contributed by atoms with Crippen LogP contribution in [-0.2, 0) is 6.42 Å². The molecule has 0 aliphatic carbocycles. The van der Waals surface area contributed by atoms with E-state index in [-0.39, 0.29) is 18.3 Å². The first-order valence-corrected chi connectivity index (χ1v) is 6.41. The summed E-state index contributed by atoms with van der Waals surface area (Å²) in [4.78, 5) is 7.28. The lowest BCUT2D eigenvalue weighted by Crippen LogP contribution is -2.16. The van der Waals surface area contributed by atoms with E-state index in [1.807, 2.05) is 18.2 Å². The number of hydrogen-bond acceptors (Lipinski definition) is 5. The van der Waals surface area contributed by atoms with E-state index in [4.69, 9.17) is 20.4 Å². The maximum Gasteiger partial charge on any atom is 0.138 e. The Morgan fingerprint density at radius 1 is 1.52 bits per heavy atom. The predicted octanol–water partition coefficient (Wildman–Crippen LogP) is 1.84. The SMILES string of the molecule is CC(CO)Oc1cnc2[nH]cc(CC=C(C#N)C#N)c2c1. The monoisotopic (exact) mass is 282 g/mol. The van der Waals surface area contributed by atoms with Crippen LogP contribution in [0.4, 0.5) is 0 Å². The number of ether oxygens (including phenoxy) is 1. The third-order valence-electron chi connectivity index (χ3n) is 2.95. The molecule has 0 amide bonds. The van der Waals surface area contributed by atoms with Crippen LogP contribution >= 0.6 is 0 Å². The van der Waals surface area contributed by atoms with Gasteiger partial charge in [0.25, 0.3) is 0 Å². The molecule has 106 valence electrons. The Morgan fingerprint density at radius 2 is 2.29 bits per heavy atom. The molecule has 0 fully saturated rings. The van der Waals surface area contributed by atoms with E-state index >= 15 is 0 Å². The summed E-state index contributed by atoms with van der Waals surface area (Å²) < 4.78 is 5.52. The zero-order valence-electron chi connectivity index (χ0n) is 11.5. The minimum Gasteiger partial charge on any atom is -0.487 e. The van der Waals surface area contributed by atoms with Crippen LogP contribution in [0.3, 0.4) is 0 Å². The quantitative estimate of drug-likeness (QED) is 0.814. The van der Waals surface area contributed by atoms with Crippen molar-refractivity contribution in [3.63, 3.8) is 0 Å². The van der Waals surface area contributed by atoms with E-state index in [0.29, 0.717) is 17.8 Å². The van der Waals surface area contributed by atoms with Crippen molar-refractivity contribution in [2.24, 2.45) is 0 Å². The second kappa shape index (κ2) is 6.56. The molecule has 0 saturated heterocycles. The Kier molecular flexibility index (Phi) is 4.55. The fourth-order valence-corrected chi connectivity index (χ4v) is 1.87. The highest BCUT2D eigenvalue weighted by Gasteiger charge is 2.08. The number of fused-ring (bicyclic) bond motifs is 1. The maximum absolute atomic E-state index is 9.00. The molecular weight excluding hydrogens is 268 g/mol. The number of aromatic amines is 1. The molecule has 0 saturated carbocycles. The topological polar surface area (TPSA) is 106 Å². The van der Waals surface area contributed by atoms with Crippen LogP contribution in [0.15, 0.2) is 30.1 Å². The number of aromatic nitrogens is 2. The van der Waals surface area contributed by atoms with E-state index < -0.39 is 0 Å². The summed E-state index contributed by atoms with van der Waals surface area (Å²) in [5, 5.41) is 27.3.